The smallest absolute Gasteiger partial charge is 0.126 e. The fourth-order valence-corrected chi connectivity index (χ4v) is 1.55. The maximum absolute atomic E-state index is 9.88. The second kappa shape index (κ2) is 5.79. The number of benzene rings is 1. The Morgan fingerprint density at radius 3 is 2.93 bits per heavy atom. The minimum Gasteiger partial charge on any atom is -0.496 e. The van der Waals surface area contributed by atoms with Crippen LogP contribution in [0.15, 0.2) is 30.9 Å². The zero-order valence-electron chi connectivity index (χ0n) is 8.74. The van der Waals surface area contributed by atoms with Gasteiger partial charge in [-0.25, -0.2) is 0 Å². The first-order valence-electron chi connectivity index (χ1n) is 4.81. The van der Waals surface area contributed by atoms with Gasteiger partial charge in [-0.3, -0.25) is 0 Å². The highest BCUT2D eigenvalue weighted by atomic mass is 35.5. The number of hydrogen-bond acceptors (Lipinski definition) is 2. The molecule has 0 radical (unpaired) electrons. The van der Waals surface area contributed by atoms with Crippen LogP contribution in [-0.2, 0) is 0 Å². The summed E-state index contributed by atoms with van der Waals surface area (Å²) in [5.41, 5.74) is 0.767. The fraction of sp³-hybridized carbons (Fsp3) is 0.333. The Morgan fingerprint density at radius 1 is 1.60 bits per heavy atom. The van der Waals surface area contributed by atoms with Gasteiger partial charge in [0.2, 0.25) is 0 Å². The molecule has 0 heterocycles. The topological polar surface area (TPSA) is 29.5 Å². The summed E-state index contributed by atoms with van der Waals surface area (Å²) in [5, 5.41) is 10.5. The molecule has 0 aliphatic carbocycles. The molecule has 0 amide bonds. The number of aliphatic hydroxyl groups excluding tert-OH is 1. The van der Waals surface area contributed by atoms with Crippen molar-refractivity contribution in [2.24, 2.45) is 0 Å². The summed E-state index contributed by atoms with van der Waals surface area (Å²) in [7, 11) is 1.56. The summed E-state index contributed by atoms with van der Waals surface area (Å²) in [4.78, 5) is 0. The van der Waals surface area contributed by atoms with Gasteiger partial charge in [0.05, 0.1) is 13.2 Å². The van der Waals surface area contributed by atoms with Crippen molar-refractivity contribution in [2.75, 3.05) is 7.11 Å². The average Bonchev–Trinajstić information content (AvgIpc) is 2.25. The van der Waals surface area contributed by atoms with Crippen molar-refractivity contribution in [2.45, 2.75) is 18.9 Å². The number of allylic oxidation sites excluding steroid dienone is 1. The quantitative estimate of drug-likeness (QED) is 0.781. The first-order chi connectivity index (χ1) is 7.19. The van der Waals surface area contributed by atoms with E-state index in [-0.39, 0.29) is 0 Å². The van der Waals surface area contributed by atoms with Crippen molar-refractivity contribution in [1.29, 1.82) is 0 Å². The second-order valence-corrected chi connectivity index (χ2v) is 3.70. The third-order valence-corrected chi connectivity index (χ3v) is 2.43. The lowest BCUT2D eigenvalue weighted by Crippen LogP contribution is -2.00. The molecule has 1 rings (SSSR count). The Balaban J connectivity index is 2.86. The third kappa shape index (κ3) is 3.26. The van der Waals surface area contributed by atoms with Crippen LogP contribution in [0.2, 0.25) is 5.02 Å². The predicted octanol–water partition coefficient (Wildman–Crippen LogP) is 3.35. The van der Waals surface area contributed by atoms with Crippen LogP contribution in [0.3, 0.4) is 0 Å². The normalized spacial score (nSPS) is 12.2. The van der Waals surface area contributed by atoms with Crippen molar-refractivity contribution in [1.82, 2.24) is 0 Å². The molecule has 0 aliphatic heterocycles. The first kappa shape index (κ1) is 12.1. The molecular weight excluding hydrogens is 212 g/mol. The van der Waals surface area contributed by atoms with Gasteiger partial charge in [-0.05, 0) is 25.0 Å². The van der Waals surface area contributed by atoms with E-state index < -0.39 is 6.10 Å². The van der Waals surface area contributed by atoms with E-state index in [1.165, 1.54) is 0 Å². The summed E-state index contributed by atoms with van der Waals surface area (Å²) < 4.78 is 5.16. The minimum atomic E-state index is -0.532. The van der Waals surface area contributed by atoms with Gasteiger partial charge >= 0.3 is 0 Å². The number of hydrogen-bond donors (Lipinski definition) is 1. The van der Waals surface area contributed by atoms with Gasteiger partial charge < -0.3 is 9.84 Å². The summed E-state index contributed by atoms with van der Waals surface area (Å²) in [6.45, 7) is 3.62. The van der Waals surface area contributed by atoms with E-state index in [1.54, 1.807) is 31.4 Å². The minimum absolute atomic E-state index is 0.532. The zero-order chi connectivity index (χ0) is 11.3. The van der Waals surface area contributed by atoms with Crippen LogP contribution < -0.4 is 4.74 Å². The SMILES string of the molecule is C=CCCC(O)c1ccc(Cl)cc1OC. The fourth-order valence-electron chi connectivity index (χ4n) is 1.39. The lowest BCUT2D eigenvalue weighted by molar-refractivity contribution is 0.164. The Bertz CT molecular complexity index is 336. The molecule has 1 aromatic rings. The van der Waals surface area contributed by atoms with Crippen LogP contribution in [0.4, 0.5) is 0 Å². The maximum atomic E-state index is 9.88. The monoisotopic (exact) mass is 226 g/mol. The molecule has 0 aliphatic rings. The van der Waals surface area contributed by atoms with Crippen molar-refractivity contribution < 1.29 is 9.84 Å². The number of ether oxygens (including phenoxy) is 1. The van der Waals surface area contributed by atoms with Crippen molar-refractivity contribution >= 4 is 11.6 Å². The standard InChI is InChI=1S/C12H15ClO2/c1-3-4-5-11(14)10-7-6-9(13)8-12(10)15-2/h3,6-8,11,14H,1,4-5H2,2H3. The van der Waals surface area contributed by atoms with Crippen molar-refractivity contribution in [3.63, 3.8) is 0 Å². The van der Waals surface area contributed by atoms with Gasteiger partial charge in [0.1, 0.15) is 5.75 Å². The largest absolute Gasteiger partial charge is 0.496 e. The lowest BCUT2D eigenvalue weighted by Gasteiger charge is -2.14. The second-order valence-electron chi connectivity index (χ2n) is 3.27. The van der Waals surface area contributed by atoms with Crippen LogP contribution in [-0.4, -0.2) is 12.2 Å². The van der Waals surface area contributed by atoms with E-state index >= 15 is 0 Å². The molecule has 0 saturated carbocycles. The number of rotatable bonds is 5. The van der Waals surface area contributed by atoms with Crippen LogP contribution in [0.1, 0.15) is 24.5 Å². The number of aliphatic hydroxyl groups is 1. The van der Waals surface area contributed by atoms with Crippen molar-refractivity contribution in [3.8, 4) is 5.75 Å². The Labute approximate surface area is 95.1 Å². The molecule has 1 aromatic carbocycles. The molecule has 2 nitrogen and oxygen atoms in total. The van der Waals surface area contributed by atoms with E-state index in [2.05, 4.69) is 6.58 Å². The van der Waals surface area contributed by atoms with Gasteiger partial charge in [0, 0.05) is 10.6 Å². The molecule has 1 unspecified atom stereocenters. The molecule has 82 valence electrons. The van der Waals surface area contributed by atoms with E-state index in [9.17, 15) is 5.11 Å². The Morgan fingerprint density at radius 2 is 2.33 bits per heavy atom. The third-order valence-electron chi connectivity index (χ3n) is 2.20. The zero-order valence-corrected chi connectivity index (χ0v) is 9.50. The Kier molecular flexibility index (Phi) is 4.66. The molecule has 0 fully saturated rings. The van der Waals surface area contributed by atoms with Gasteiger partial charge in [-0.2, -0.15) is 0 Å². The van der Waals surface area contributed by atoms with Gasteiger partial charge in [0.15, 0.2) is 0 Å². The van der Waals surface area contributed by atoms with Crippen LogP contribution in [0.25, 0.3) is 0 Å². The molecule has 0 spiro atoms. The van der Waals surface area contributed by atoms with Gasteiger partial charge in [-0.1, -0.05) is 23.7 Å². The molecule has 0 saturated heterocycles. The van der Waals surface area contributed by atoms with Crippen LogP contribution in [0, 0.1) is 0 Å². The average molecular weight is 227 g/mol. The molecule has 1 N–H and O–H groups in total. The van der Waals surface area contributed by atoms with E-state index in [0.29, 0.717) is 17.2 Å². The summed E-state index contributed by atoms with van der Waals surface area (Å²) in [6.07, 6.45) is 2.66. The maximum Gasteiger partial charge on any atom is 0.126 e. The lowest BCUT2D eigenvalue weighted by atomic mass is 10.0. The van der Waals surface area contributed by atoms with E-state index in [1.807, 2.05) is 0 Å². The highest BCUT2D eigenvalue weighted by molar-refractivity contribution is 6.30. The van der Waals surface area contributed by atoms with E-state index in [0.717, 1.165) is 12.0 Å². The highest BCUT2D eigenvalue weighted by Crippen LogP contribution is 2.30. The highest BCUT2D eigenvalue weighted by Gasteiger charge is 2.12. The number of halogens is 1. The summed E-state index contributed by atoms with van der Waals surface area (Å²) in [5.74, 6) is 0.624. The molecule has 0 bridgehead atoms. The van der Waals surface area contributed by atoms with Gasteiger partial charge in [0.25, 0.3) is 0 Å². The Hall–Kier alpha value is -0.990. The molecule has 15 heavy (non-hydrogen) atoms. The molecular formula is C12H15ClO2. The molecule has 0 aromatic heterocycles. The number of methoxy groups -OCH3 is 1. The molecule has 1 atom stereocenters. The molecule has 3 heteroatoms. The first-order valence-corrected chi connectivity index (χ1v) is 5.19. The van der Waals surface area contributed by atoms with Crippen LogP contribution in [0.5, 0.6) is 5.75 Å². The van der Waals surface area contributed by atoms with Crippen molar-refractivity contribution in [3.05, 3.63) is 41.4 Å². The van der Waals surface area contributed by atoms with Gasteiger partial charge in [-0.15, -0.1) is 6.58 Å². The predicted molar refractivity (Wildman–Crippen MR) is 62.4 cm³/mol. The summed E-state index contributed by atoms with van der Waals surface area (Å²) >= 11 is 5.83. The van der Waals surface area contributed by atoms with E-state index in [4.69, 9.17) is 16.3 Å². The summed E-state index contributed by atoms with van der Waals surface area (Å²) in [6, 6.07) is 5.24. The van der Waals surface area contributed by atoms with Crippen LogP contribution >= 0.6 is 11.6 Å².